The Morgan fingerprint density at radius 1 is 1.24 bits per heavy atom. The van der Waals surface area contributed by atoms with Crippen LogP contribution < -0.4 is 10.1 Å². The summed E-state index contributed by atoms with van der Waals surface area (Å²) in [6.07, 6.45) is -2.68. The number of ether oxygens (including phenoxy) is 2. The minimum absolute atomic E-state index is 0.0651. The van der Waals surface area contributed by atoms with Crippen molar-refractivity contribution in [2.75, 3.05) is 31.4 Å². The van der Waals surface area contributed by atoms with Gasteiger partial charge in [-0.15, -0.1) is 15.3 Å². The van der Waals surface area contributed by atoms with Crippen LogP contribution >= 0.6 is 11.8 Å². The first-order chi connectivity index (χ1) is 16.3. The molecule has 0 fully saturated rings. The van der Waals surface area contributed by atoms with Gasteiger partial charge >= 0.3 is 6.18 Å². The van der Waals surface area contributed by atoms with E-state index < -0.39 is 17.6 Å². The van der Waals surface area contributed by atoms with Gasteiger partial charge in [0.1, 0.15) is 5.56 Å². The number of aromatic nitrogens is 5. The average molecular weight is 499 g/mol. The van der Waals surface area contributed by atoms with Crippen molar-refractivity contribution in [1.29, 1.82) is 0 Å². The number of benzene rings is 1. The van der Waals surface area contributed by atoms with Crippen LogP contribution in [0.25, 0.3) is 11.4 Å². The van der Waals surface area contributed by atoms with Crippen molar-refractivity contribution >= 4 is 23.4 Å². The molecule has 0 atom stereocenters. The van der Waals surface area contributed by atoms with Crippen molar-refractivity contribution < 1.29 is 27.4 Å². The molecule has 0 unspecified atom stereocenters. The van der Waals surface area contributed by atoms with Gasteiger partial charge in [-0.25, -0.2) is 0 Å². The number of nitrogens with one attached hydrogen (secondary N) is 1. The number of amides is 1. The number of alkyl halides is 3. The summed E-state index contributed by atoms with van der Waals surface area (Å²) in [6, 6.07) is 4.48. The highest BCUT2D eigenvalue weighted by atomic mass is 32.2. The maximum absolute atomic E-state index is 12.9. The Labute approximate surface area is 198 Å². The highest BCUT2D eigenvalue weighted by Gasteiger charge is 2.30. The highest BCUT2D eigenvalue weighted by Crippen LogP contribution is 2.32. The molecule has 0 spiro atoms. The number of thioether (sulfide) groups is 1. The van der Waals surface area contributed by atoms with E-state index in [0.29, 0.717) is 48.7 Å². The summed E-state index contributed by atoms with van der Waals surface area (Å²) < 4.78 is 53.1. The second kappa shape index (κ2) is 11.4. The molecule has 2 aromatic heterocycles. The first-order valence-corrected chi connectivity index (χ1v) is 11.5. The van der Waals surface area contributed by atoms with Crippen LogP contribution in [0.5, 0.6) is 5.88 Å². The van der Waals surface area contributed by atoms with E-state index in [2.05, 4.69) is 20.6 Å². The minimum atomic E-state index is -4.49. The van der Waals surface area contributed by atoms with Crippen LogP contribution in [-0.2, 0) is 28.8 Å². The molecular formula is C21H25F3N6O3S. The van der Waals surface area contributed by atoms with Crippen LogP contribution in [0, 0.1) is 0 Å². The number of carbonyl (C=O) groups is 1. The third-order valence-corrected chi connectivity index (χ3v) is 5.58. The van der Waals surface area contributed by atoms with Crippen LogP contribution in [0.4, 0.5) is 18.9 Å². The van der Waals surface area contributed by atoms with Gasteiger partial charge < -0.3 is 14.8 Å². The summed E-state index contributed by atoms with van der Waals surface area (Å²) in [7, 11) is 1.57. The van der Waals surface area contributed by atoms with Crippen molar-refractivity contribution in [1.82, 2.24) is 24.5 Å². The van der Waals surface area contributed by atoms with E-state index in [1.807, 2.05) is 20.0 Å². The molecular weight excluding hydrogens is 473 g/mol. The fourth-order valence-corrected chi connectivity index (χ4v) is 3.81. The minimum Gasteiger partial charge on any atom is -0.476 e. The zero-order valence-corrected chi connectivity index (χ0v) is 19.7. The number of hydrogen-bond acceptors (Lipinski definition) is 7. The first-order valence-electron chi connectivity index (χ1n) is 10.5. The van der Waals surface area contributed by atoms with Gasteiger partial charge in [0.2, 0.25) is 11.8 Å². The van der Waals surface area contributed by atoms with E-state index in [4.69, 9.17) is 9.47 Å². The Balaban J connectivity index is 1.77. The summed E-state index contributed by atoms with van der Waals surface area (Å²) in [5, 5.41) is 15.8. The number of nitrogens with zero attached hydrogens (tertiary/aromatic N) is 5. The lowest BCUT2D eigenvalue weighted by atomic mass is 10.2. The van der Waals surface area contributed by atoms with Gasteiger partial charge in [-0.3, -0.25) is 14.0 Å². The van der Waals surface area contributed by atoms with Crippen LogP contribution in [-0.4, -0.2) is 56.5 Å². The van der Waals surface area contributed by atoms with Gasteiger partial charge in [0.15, 0.2) is 11.0 Å². The van der Waals surface area contributed by atoms with Gasteiger partial charge in [-0.1, -0.05) is 17.8 Å². The largest absolute Gasteiger partial charge is 0.476 e. The Bertz CT molecular complexity index is 1120. The summed E-state index contributed by atoms with van der Waals surface area (Å²) in [5.74, 6) is 0.393. The summed E-state index contributed by atoms with van der Waals surface area (Å²) >= 11 is 1.11. The number of aryl methyl sites for hydroxylation is 1. The molecule has 2 heterocycles. The van der Waals surface area contributed by atoms with Crippen LogP contribution in [0.2, 0.25) is 0 Å². The molecule has 1 amide bonds. The van der Waals surface area contributed by atoms with Gasteiger partial charge in [0.25, 0.3) is 0 Å². The molecule has 0 bridgehead atoms. The summed E-state index contributed by atoms with van der Waals surface area (Å²) in [5.41, 5.74) is -0.109. The number of halogens is 3. The fourth-order valence-electron chi connectivity index (χ4n) is 3.04. The molecule has 3 aromatic rings. The van der Waals surface area contributed by atoms with Crippen molar-refractivity contribution in [3.63, 3.8) is 0 Å². The number of anilines is 1. The lowest BCUT2D eigenvalue weighted by molar-refractivity contribution is -0.137. The highest BCUT2D eigenvalue weighted by molar-refractivity contribution is 7.99. The number of hydrogen-bond donors (Lipinski definition) is 1. The molecule has 13 heteroatoms. The molecule has 1 N–H and O–H groups in total. The van der Waals surface area contributed by atoms with Gasteiger partial charge in [0.05, 0.1) is 31.1 Å². The zero-order chi connectivity index (χ0) is 24.7. The predicted octanol–water partition coefficient (Wildman–Crippen LogP) is 3.96. The Morgan fingerprint density at radius 3 is 2.71 bits per heavy atom. The van der Waals surface area contributed by atoms with Crippen molar-refractivity contribution in [3.8, 4) is 17.3 Å². The molecule has 3 rings (SSSR count). The Morgan fingerprint density at radius 2 is 2.03 bits per heavy atom. The summed E-state index contributed by atoms with van der Waals surface area (Å²) in [6.45, 7) is 5.67. The normalized spacial score (nSPS) is 11.6. The molecule has 0 aliphatic carbocycles. The maximum Gasteiger partial charge on any atom is 0.416 e. The fraction of sp³-hybridized carbons (Fsp3) is 0.429. The first kappa shape index (κ1) is 25.6. The van der Waals surface area contributed by atoms with E-state index in [0.717, 1.165) is 23.9 Å². The third-order valence-electron chi connectivity index (χ3n) is 4.62. The predicted molar refractivity (Wildman–Crippen MR) is 121 cm³/mol. The second-order valence-electron chi connectivity index (χ2n) is 7.00. The quantitative estimate of drug-likeness (QED) is 0.400. The zero-order valence-electron chi connectivity index (χ0n) is 18.9. The molecule has 0 aliphatic heterocycles. The lowest BCUT2D eigenvalue weighted by Gasteiger charge is -2.11. The van der Waals surface area contributed by atoms with E-state index >= 15 is 0 Å². The van der Waals surface area contributed by atoms with Crippen molar-refractivity contribution in [2.45, 2.75) is 38.3 Å². The van der Waals surface area contributed by atoms with E-state index in [1.165, 1.54) is 12.1 Å². The second-order valence-corrected chi connectivity index (χ2v) is 7.95. The van der Waals surface area contributed by atoms with Crippen LogP contribution in [0.1, 0.15) is 19.4 Å². The molecule has 34 heavy (non-hydrogen) atoms. The van der Waals surface area contributed by atoms with Crippen molar-refractivity contribution in [2.24, 2.45) is 0 Å². The van der Waals surface area contributed by atoms with Crippen molar-refractivity contribution in [3.05, 3.63) is 36.0 Å². The maximum atomic E-state index is 12.9. The average Bonchev–Trinajstić information content (AvgIpc) is 3.39. The molecule has 1 aromatic carbocycles. The van der Waals surface area contributed by atoms with Gasteiger partial charge in [0, 0.05) is 25.5 Å². The SMILES string of the molecule is CCOc1nn(CC)cc1-c1nnc(SCC(=O)Nc2cccc(C(F)(F)F)c2)n1CCOC. The topological polar surface area (TPSA) is 96.1 Å². The van der Waals surface area contributed by atoms with Crippen LogP contribution in [0.3, 0.4) is 0 Å². The molecule has 0 aliphatic rings. The van der Waals surface area contributed by atoms with Crippen LogP contribution in [0.15, 0.2) is 35.6 Å². The summed E-state index contributed by atoms with van der Waals surface area (Å²) in [4.78, 5) is 12.4. The molecule has 184 valence electrons. The van der Waals surface area contributed by atoms with E-state index in [-0.39, 0.29) is 11.4 Å². The number of methoxy groups -OCH3 is 1. The molecule has 0 radical (unpaired) electrons. The number of carbonyl (C=O) groups excluding carboxylic acids is 1. The Kier molecular flexibility index (Phi) is 8.56. The molecule has 0 saturated heterocycles. The smallest absolute Gasteiger partial charge is 0.416 e. The third kappa shape index (κ3) is 6.29. The monoisotopic (exact) mass is 498 g/mol. The molecule has 0 saturated carbocycles. The lowest BCUT2D eigenvalue weighted by Crippen LogP contribution is -2.16. The standard InChI is InChI=1S/C21H25F3N6O3S/c1-4-29-12-16(19(28-29)33-5-2)18-26-27-20(30(18)9-10-32-3)34-13-17(31)25-15-8-6-7-14(11-15)21(22,23)24/h6-8,11-12H,4-5,9-10,13H2,1-3H3,(H,25,31). The van der Waals surface area contributed by atoms with E-state index in [9.17, 15) is 18.0 Å². The number of rotatable bonds is 11. The van der Waals surface area contributed by atoms with Gasteiger partial charge in [-0.2, -0.15) is 13.2 Å². The van der Waals surface area contributed by atoms with E-state index in [1.54, 1.807) is 16.4 Å². The Hall–Kier alpha value is -3.06. The molecule has 9 nitrogen and oxygen atoms in total. The van der Waals surface area contributed by atoms with Gasteiger partial charge in [-0.05, 0) is 32.0 Å².